The van der Waals surface area contributed by atoms with Crippen LogP contribution in [0.5, 0.6) is 0 Å². The second kappa shape index (κ2) is 8.45. The zero-order valence-electron chi connectivity index (χ0n) is 19.1. The molecular formula is C24H27ClF3N3O3. The van der Waals surface area contributed by atoms with E-state index in [0.717, 1.165) is 18.9 Å². The third-order valence-corrected chi connectivity index (χ3v) is 7.71. The zero-order valence-corrected chi connectivity index (χ0v) is 19.9. The van der Waals surface area contributed by atoms with Gasteiger partial charge in [0.05, 0.1) is 10.6 Å². The van der Waals surface area contributed by atoms with Crippen LogP contribution in [0.2, 0.25) is 5.02 Å². The Labute approximate surface area is 200 Å². The number of piperidine rings is 1. The van der Waals surface area contributed by atoms with E-state index < -0.39 is 23.2 Å². The molecule has 34 heavy (non-hydrogen) atoms. The Morgan fingerprint density at radius 2 is 1.71 bits per heavy atom. The first-order valence-corrected chi connectivity index (χ1v) is 12.0. The fourth-order valence-corrected chi connectivity index (χ4v) is 5.15. The Morgan fingerprint density at radius 3 is 2.26 bits per heavy atom. The highest BCUT2D eigenvalue weighted by Crippen LogP contribution is 2.47. The summed E-state index contributed by atoms with van der Waals surface area (Å²) in [6.45, 7) is 2.08. The van der Waals surface area contributed by atoms with Crippen LogP contribution >= 0.6 is 11.6 Å². The molecule has 0 bridgehead atoms. The van der Waals surface area contributed by atoms with Crippen LogP contribution in [0.1, 0.15) is 53.3 Å². The molecule has 3 fully saturated rings. The van der Waals surface area contributed by atoms with Crippen LogP contribution < -0.4 is 0 Å². The molecule has 1 aromatic carbocycles. The molecule has 10 heteroatoms. The van der Waals surface area contributed by atoms with Crippen molar-refractivity contribution in [2.45, 2.75) is 43.8 Å². The average Bonchev–Trinajstić information content (AvgIpc) is 3.55. The average molecular weight is 498 g/mol. The van der Waals surface area contributed by atoms with E-state index >= 15 is 0 Å². The van der Waals surface area contributed by atoms with Crippen molar-refractivity contribution in [3.8, 4) is 0 Å². The summed E-state index contributed by atoms with van der Waals surface area (Å²) in [5.41, 5.74) is -0.727. The molecule has 0 spiro atoms. The molecule has 5 rings (SSSR count). The summed E-state index contributed by atoms with van der Waals surface area (Å²) in [6.07, 6.45) is -1.93. The highest BCUT2D eigenvalue weighted by Gasteiger charge is 2.40. The van der Waals surface area contributed by atoms with Crippen LogP contribution in [0.15, 0.2) is 16.5 Å². The molecule has 2 saturated heterocycles. The molecule has 0 atom stereocenters. The topological polar surface area (TPSA) is 57.0 Å². The van der Waals surface area contributed by atoms with Crippen LogP contribution in [0, 0.1) is 5.92 Å². The molecule has 0 radical (unpaired) electrons. The van der Waals surface area contributed by atoms with Crippen LogP contribution in [-0.2, 0) is 11.0 Å². The van der Waals surface area contributed by atoms with E-state index in [1.54, 1.807) is 6.07 Å². The molecule has 184 valence electrons. The summed E-state index contributed by atoms with van der Waals surface area (Å²) in [5, 5.41) is 0.0431. The Balaban J connectivity index is 1.31. The molecule has 1 aromatic heterocycles. The van der Waals surface area contributed by atoms with Gasteiger partial charge in [-0.1, -0.05) is 11.6 Å². The minimum Gasteiger partial charge on any atom is -0.449 e. The number of likely N-dealkylation sites (N-methyl/N-ethyl adjacent to an activating group) is 1. The lowest BCUT2D eigenvalue weighted by Gasteiger charge is -2.45. The minimum atomic E-state index is -4.62. The van der Waals surface area contributed by atoms with Crippen molar-refractivity contribution in [2.75, 3.05) is 40.3 Å². The first-order chi connectivity index (χ1) is 16.0. The van der Waals surface area contributed by atoms with Crippen molar-refractivity contribution in [1.82, 2.24) is 14.7 Å². The van der Waals surface area contributed by atoms with Gasteiger partial charge in [0.2, 0.25) is 11.7 Å². The largest absolute Gasteiger partial charge is 0.449 e. The summed E-state index contributed by atoms with van der Waals surface area (Å²) in [4.78, 5) is 31.3. The van der Waals surface area contributed by atoms with Crippen molar-refractivity contribution >= 4 is 34.4 Å². The molecule has 3 heterocycles. The van der Waals surface area contributed by atoms with Crippen LogP contribution in [0.25, 0.3) is 11.0 Å². The number of nitrogens with zero attached hydrogens (tertiary/aromatic N) is 3. The SMILES string of the molecule is CN(C)C1CN(C(=O)C2CCN(C(=O)c3oc4c(C(F)(F)F)cc(C5CC5)cc4c3Cl)CC2)C1. The van der Waals surface area contributed by atoms with E-state index in [9.17, 15) is 22.8 Å². The maximum absolute atomic E-state index is 13.7. The van der Waals surface area contributed by atoms with E-state index in [-0.39, 0.29) is 33.9 Å². The fourth-order valence-electron chi connectivity index (χ4n) is 4.89. The quantitative estimate of drug-likeness (QED) is 0.619. The number of amides is 2. The third-order valence-electron chi connectivity index (χ3n) is 7.34. The van der Waals surface area contributed by atoms with E-state index in [1.807, 2.05) is 19.0 Å². The molecule has 0 unspecified atom stereocenters. The van der Waals surface area contributed by atoms with Gasteiger partial charge in [-0.05, 0) is 63.4 Å². The van der Waals surface area contributed by atoms with E-state index in [2.05, 4.69) is 4.90 Å². The van der Waals surface area contributed by atoms with Gasteiger partial charge in [-0.15, -0.1) is 0 Å². The Bertz CT molecular complexity index is 1130. The number of carbonyl (C=O) groups excluding carboxylic acids is 2. The number of furan rings is 1. The zero-order chi connectivity index (χ0) is 24.4. The van der Waals surface area contributed by atoms with Crippen LogP contribution in [0.3, 0.4) is 0 Å². The van der Waals surface area contributed by atoms with Gasteiger partial charge >= 0.3 is 6.18 Å². The molecule has 1 saturated carbocycles. The van der Waals surface area contributed by atoms with Gasteiger partial charge in [0.1, 0.15) is 5.58 Å². The minimum absolute atomic E-state index is 0.0819. The summed E-state index contributed by atoms with van der Waals surface area (Å²) >= 11 is 6.40. The second-order valence-electron chi connectivity index (χ2n) is 9.89. The molecule has 2 aliphatic heterocycles. The first kappa shape index (κ1) is 23.5. The molecular weight excluding hydrogens is 471 g/mol. The van der Waals surface area contributed by atoms with Crippen molar-refractivity contribution in [3.63, 3.8) is 0 Å². The van der Waals surface area contributed by atoms with Gasteiger partial charge in [0.15, 0.2) is 0 Å². The van der Waals surface area contributed by atoms with Gasteiger partial charge in [-0.3, -0.25) is 9.59 Å². The van der Waals surface area contributed by atoms with Gasteiger partial charge in [-0.25, -0.2) is 0 Å². The number of likely N-dealkylation sites (tertiary alicyclic amines) is 2. The van der Waals surface area contributed by atoms with Crippen LogP contribution in [0.4, 0.5) is 13.2 Å². The van der Waals surface area contributed by atoms with Crippen molar-refractivity contribution < 1.29 is 27.2 Å². The summed E-state index contributed by atoms with van der Waals surface area (Å²) in [7, 11) is 3.98. The standard InChI is InChI=1S/C24H27ClF3N3O3/c1-29(2)16-11-31(12-16)22(32)14-5-7-30(8-6-14)23(33)21-19(25)17-9-15(13-3-4-13)10-18(20(17)34-21)24(26,27)28/h9-10,13-14,16H,3-8,11-12H2,1-2H3. The predicted octanol–water partition coefficient (Wildman–Crippen LogP) is 4.61. The first-order valence-electron chi connectivity index (χ1n) is 11.6. The Kier molecular flexibility index (Phi) is 5.83. The smallest absolute Gasteiger partial charge is 0.420 e. The van der Waals surface area contributed by atoms with Crippen LogP contribution in [-0.4, -0.2) is 72.8 Å². The summed E-state index contributed by atoms with van der Waals surface area (Å²) in [6, 6.07) is 3.11. The Morgan fingerprint density at radius 1 is 1.06 bits per heavy atom. The number of alkyl halides is 3. The summed E-state index contributed by atoms with van der Waals surface area (Å²) < 4.78 is 46.7. The number of carbonyl (C=O) groups is 2. The molecule has 2 aromatic rings. The number of rotatable bonds is 4. The second-order valence-corrected chi connectivity index (χ2v) is 10.3. The predicted molar refractivity (Wildman–Crippen MR) is 121 cm³/mol. The summed E-state index contributed by atoms with van der Waals surface area (Å²) in [5.74, 6) is -0.765. The number of benzene rings is 1. The highest BCUT2D eigenvalue weighted by atomic mass is 35.5. The molecule has 0 N–H and O–H groups in total. The van der Waals surface area contributed by atoms with Gasteiger partial charge in [0, 0.05) is 43.5 Å². The van der Waals surface area contributed by atoms with Crippen molar-refractivity contribution in [2.24, 2.45) is 5.92 Å². The van der Waals surface area contributed by atoms with E-state index in [0.29, 0.717) is 50.6 Å². The normalized spacial score (nSPS) is 20.3. The maximum atomic E-state index is 13.7. The number of hydrogen-bond acceptors (Lipinski definition) is 4. The van der Waals surface area contributed by atoms with E-state index in [1.165, 1.54) is 4.90 Å². The molecule has 2 amide bonds. The number of halogens is 4. The molecule has 1 aliphatic carbocycles. The van der Waals surface area contributed by atoms with Crippen molar-refractivity contribution in [1.29, 1.82) is 0 Å². The van der Waals surface area contributed by atoms with Gasteiger partial charge < -0.3 is 19.1 Å². The number of hydrogen-bond donors (Lipinski definition) is 0. The lowest BCUT2D eigenvalue weighted by atomic mass is 9.93. The van der Waals surface area contributed by atoms with Crippen molar-refractivity contribution in [3.05, 3.63) is 34.0 Å². The monoisotopic (exact) mass is 497 g/mol. The third kappa shape index (κ3) is 4.17. The number of fused-ring (bicyclic) bond motifs is 1. The molecule has 3 aliphatic rings. The highest BCUT2D eigenvalue weighted by molar-refractivity contribution is 6.38. The van der Waals surface area contributed by atoms with Gasteiger partial charge in [-0.2, -0.15) is 13.2 Å². The fraction of sp³-hybridized carbons (Fsp3) is 0.583. The molecule has 6 nitrogen and oxygen atoms in total. The lowest BCUT2D eigenvalue weighted by Crippen LogP contribution is -2.61. The maximum Gasteiger partial charge on any atom is 0.420 e. The van der Waals surface area contributed by atoms with Gasteiger partial charge in [0.25, 0.3) is 5.91 Å². The van der Waals surface area contributed by atoms with E-state index in [4.69, 9.17) is 16.0 Å². The Hall–Kier alpha value is -2.26. The lowest BCUT2D eigenvalue weighted by molar-refractivity contribution is -0.143.